The Morgan fingerprint density at radius 3 is 3.12 bits per heavy atom. The molecule has 0 aromatic carbocycles. The maximum absolute atomic E-state index is 12.8. The molecule has 2 nitrogen and oxygen atoms in total. The molecule has 94 valence electrons. The van der Waals surface area contributed by atoms with Crippen molar-refractivity contribution in [3.05, 3.63) is 24.3 Å². The van der Waals surface area contributed by atoms with Crippen LogP contribution in [0.1, 0.15) is 39.0 Å². The van der Waals surface area contributed by atoms with E-state index in [1.165, 1.54) is 44.4 Å². The molecule has 3 heteroatoms. The van der Waals surface area contributed by atoms with Crippen LogP contribution in [0.25, 0.3) is 0 Å². The van der Waals surface area contributed by atoms with E-state index >= 15 is 0 Å². The van der Waals surface area contributed by atoms with Gasteiger partial charge in [0.15, 0.2) is 0 Å². The van der Waals surface area contributed by atoms with Crippen LogP contribution in [-0.4, -0.2) is 11.5 Å². The number of rotatable bonds is 4. The van der Waals surface area contributed by atoms with Gasteiger partial charge in [0, 0.05) is 24.5 Å². The number of aromatic nitrogens is 1. The van der Waals surface area contributed by atoms with Crippen molar-refractivity contribution in [2.45, 2.75) is 39.0 Å². The number of nitrogens with zero attached hydrogens (tertiary/aromatic N) is 1. The predicted molar refractivity (Wildman–Crippen MR) is 68.4 cm³/mol. The molecule has 1 heterocycles. The van der Waals surface area contributed by atoms with E-state index < -0.39 is 5.95 Å². The van der Waals surface area contributed by atoms with Gasteiger partial charge in [-0.3, -0.25) is 0 Å². The van der Waals surface area contributed by atoms with Crippen molar-refractivity contribution in [1.82, 2.24) is 4.98 Å². The minimum atomic E-state index is -0.415. The molecule has 1 N–H and O–H groups in total. The number of hydrogen-bond acceptors (Lipinski definition) is 2. The summed E-state index contributed by atoms with van der Waals surface area (Å²) in [4.78, 5) is 3.54. The van der Waals surface area contributed by atoms with Crippen molar-refractivity contribution in [2.24, 2.45) is 11.8 Å². The van der Waals surface area contributed by atoms with Crippen LogP contribution < -0.4 is 5.32 Å². The van der Waals surface area contributed by atoms with Gasteiger partial charge in [-0.25, -0.2) is 4.98 Å². The fourth-order valence-electron chi connectivity index (χ4n) is 2.75. The zero-order valence-electron chi connectivity index (χ0n) is 10.5. The highest BCUT2D eigenvalue weighted by molar-refractivity contribution is 5.40. The van der Waals surface area contributed by atoms with Crippen LogP contribution in [0.4, 0.5) is 10.1 Å². The first kappa shape index (κ1) is 12.3. The molecule has 0 saturated heterocycles. The number of halogens is 1. The second kappa shape index (κ2) is 5.99. The van der Waals surface area contributed by atoms with E-state index in [2.05, 4.69) is 17.2 Å². The number of anilines is 1. The summed E-state index contributed by atoms with van der Waals surface area (Å²) >= 11 is 0. The highest BCUT2D eigenvalue weighted by Gasteiger charge is 2.18. The molecular formula is C14H21FN2. The second-order valence-corrected chi connectivity index (χ2v) is 5.22. The standard InChI is InChI=1S/C14H21FN2/c1-11-3-2-4-12(9-11)5-7-16-13-6-8-17-14(15)10-13/h6,8,10-12H,2-5,7,9H2,1H3,(H,16,17). The minimum Gasteiger partial charge on any atom is -0.385 e. The lowest BCUT2D eigenvalue weighted by Gasteiger charge is -2.26. The summed E-state index contributed by atoms with van der Waals surface area (Å²) in [6.45, 7) is 3.28. The van der Waals surface area contributed by atoms with E-state index in [-0.39, 0.29) is 0 Å². The Labute approximate surface area is 103 Å². The predicted octanol–water partition coefficient (Wildman–Crippen LogP) is 3.85. The first-order chi connectivity index (χ1) is 8.24. The van der Waals surface area contributed by atoms with Crippen molar-refractivity contribution < 1.29 is 4.39 Å². The topological polar surface area (TPSA) is 24.9 Å². The SMILES string of the molecule is CC1CCCC(CCNc2ccnc(F)c2)C1. The van der Waals surface area contributed by atoms with Gasteiger partial charge < -0.3 is 5.32 Å². The quantitative estimate of drug-likeness (QED) is 0.803. The molecule has 0 amide bonds. The first-order valence-electron chi connectivity index (χ1n) is 6.59. The molecule has 1 aliphatic carbocycles. The molecule has 1 saturated carbocycles. The Morgan fingerprint density at radius 1 is 1.47 bits per heavy atom. The van der Waals surface area contributed by atoms with Gasteiger partial charge in [-0.2, -0.15) is 4.39 Å². The fourth-order valence-corrected chi connectivity index (χ4v) is 2.75. The number of hydrogen-bond donors (Lipinski definition) is 1. The van der Waals surface area contributed by atoms with E-state index in [1.54, 1.807) is 0 Å². The van der Waals surface area contributed by atoms with Gasteiger partial charge in [-0.15, -0.1) is 0 Å². The van der Waals surface area contributed by atoms with Crippen LogP contribution in [-0.2, 0) is 0 Å². The monoisotopic (exact) mass is 236 g/mol. The Bertz CT molecular complexity index is 354. The number of pyridine rings is 1. The fraction of sp³-hybridized carbons (Fsp3) is 0.643. The number of nitrogens with one attached hydrogen (secondary N) is 1. The van der Waals surface area contributed by atoms with Gasteiger partial charge in [0.25, 0.3) is 0 Å². The van der Waals surface area contributed by atoms with Gasteiger partial charge in [-0.05, 0) is 30.7 Å². The van der Waals surface area contributed by atoms with E-state index in [4.69, 9.17) is 0 Å². The van der Waals surface area contributed by atoms with Gasteiger partial charge in [0.2, 0.25) is 5.95 Å². The molecule has 0 bridgehead atoms. The van der Waals surface area contributed by atoms with Crippen LogP contribution in [0.15, 0.2) is 18.3 Å². The molecule has 2 atom stereocenters. The third-order valence-corrected chi connectivity index (χ3v) is 3.65. The van der Waals surface area contributed by atoms with E-state index in [0.29, 0.717) is 0 Å². The normalized spacial score (nSPS) is 24.6. The summed E-state index contributed by atoms with van der Waals surface area (Å²) in [5.74, 6) is 1.31. The van der Waals surface area contributed by atoms with E-state index in [0.717, 1.165) is 24.1 Å². The Balaban J connectivity index is 1.72. The summed E-state index contributed by atoms with van der Waals surface area (Å²) in [6, 6.07) is 3.26. The lowest BCUT2D eigenvalue weighted by Crippen LogP contribution is -2.16. The van der Waals surface area contributed by atoms with E-state index in [9.17, 15) is 4.39 Å². The van der Waals surface area contributed by atoms with Crippen molar-refractivity contribution >= 4 is 5.69 Å². The maximum atomic E-state index is 12.8. The Morgan fingerprint density at radius 2 is 2.35 bits per heavy atom. The molecule has 0 aliphatic heterocycles. The molecule has 0 spiro atoms. The molecule has 1 aliphatic rings. The van der Waals surface area contributed by atoms with Crippen molar-refractivity contribution in [3.63, 3.8) is 0 Å². The zero-order chi connectivity index (χ0) is 12.1. The molecule has 1 aromatic rings. The first-order valence-corrected chi connectivity index (χ1v) is 6.59. The van der Waals surface area contributed by atoms with Crippen molar-refractivity contribution in [2.75, 3.05) is 11.9 Å². The largest absolute Gasteiger partial charge is 0.385 e. The lowest BCUT2D eigenvalue weighted by atomic mass is 9.81. The Hall–Kier alpha value is -1.12. The van der Waals surface area contributed by atoms with Crippen molar-refractivity contribution in [1.29, 1.82) is 0 Å². The van der Waals surface area contributed by atoms with E-state index in [1.807, 2.05) is 6.07 Å². The molecular weight excluding hydrogens is 215 g/mol. The average Bonchev–Trinajstić information content (AvgIpc) is 2.29. The van der Waals surface area contributed by atoms with Crippen LogP contribution >= 0.6 is 0 Å². The van der Waals surface area contributed by atoms with Gasteiger partial charge >= 0.3 is 0 Å². The molecule has 0 radical (unpaired) electrons. The summed E-state index contributed by atoms with van der Waals surface area (Å²) in [5.41, 5.74) is 0.835. The van der Waals surface area contributed by atoms with Crippen LogP contribution in [0.3, 0.4) is 0 Å². The second-order valence-electron chi connectivity index (χ2n) is 5.22. The zero-order valence-corrected chi connectivity index (χ0v) is 10.5. The van der Waals surface area contributed by atoms with Crippen LogP contribution in [0, 0.1) is 17.8 Å². The average molecular weight is 236 g/mol. The molecule has 1 fully saturated rings. The summed E-state index contributed by atoms with van der Waals surface area (Å²) < 4.78 is 12.8. The molecule has 2 unspecified atom stereocenters. The van der Waals surface area contributed by atoms with Gasteiger partial charge in [-0.1, -0.05) is 26.2 Å². The molecule has 2 rings (SSSR count). The maximum Gasteiger partial charge on any atom is 0.214 e. The summed E-state index contributed by atoms with van der Waals surface area (Å²) in [6.07, 6.45) is 8.16. The highest BCUT2D eigenvalue weighted by Crippen LogP contribution is 2.30. The molecule has 1 aromatic heterocycles. The Kier molecular flexibility index (Phi) is 4.35. The summed E-state index contributed by atoms with van der Waals surface area (Å²) in [7, 11) is 0. The van der Waals surface area contributed by atoms with Crippen molar-refractivity contribution in [3.8, 4) is 0 Å². The van der Waals surface area contributed by atoms with Crippen LogP contribution in [0.2, 0.25) is 0 Å². The lowest BCUT2D eigenvalue weighted by molar-refractivity contribution is 0.274. The molecule has 17 heavy (non-hydrogen) atoms. The highest BCUT2D eigenvalue weighted by atomic mass is 19.1. The van der Waals surface area contributed by atoms with Crippen LogP contribution in [0.5, 0.6) is 0 Å². The third kappa shape index (κ3) is 3.99. The third-order valence-electron chi connectivity index (χ3n) is 3.65. The smallest absolute Gasteiger partial charge is 0.214 e. The van der Waals surface area contributed by atoms with Gasteiger partial charge in [0.1, 0.15) is 0 Å². The van der Waals surface area contributed by atoms with Gasteiger partial charge in [0.05, 0.1) is 0 Å². The summed E-state index contributed by atoms with van der Waals surface area (Å²) in [5, 5.41) is 3.27. The minimum absolute atomic E-state index is 0.415.